The first-order chi connectivity index (χ1) is 8.74. The lowest BCUT2D eigenvalue weighted by Crippen LogP contribution is -2.28. The molecule has 0 amide bonds. The van der Waals surface area contributed by atoms with Gasteiger partial charge >= 0.3 is 0 Å². The molecule has 108 valence electrons. The second-order valence-electron chi connectivity index (χ2n) is 4.62. The molecule has 0 unspecified atom stereocenters. The Morgan fingerprint density at radius 1 is 1.26 bits per heavy atom. The fourth-order valence-electron chi connectivity index (χ4n) is 1.45. The summed E-state index contributed by atoms with van der Waals surface area (Å²) >= 11 is 0. The molecule has 1 rings (SSSR count). The molecule has 0 bridgehead atoms. The highest BCUT2D eigenvalue weighted by molar-refractivity contribution is 7.89. The van der Waals surface area contributed by atoms with Crippen molar-refractivity contribution in [2.75, 3.05) is 50.7 Å². The van der Waals surface area contributed by atoms with Crippen LogP contribution in [0.4, 0.5) is 11.8 Å². The summed E-state index contributed by atoms with van der Waals surface area (Å²) in [5.41, 5.74) is 0.969. The number of nitrogens with one attached hydrogen (secondary N) is 1. The molecule has 0 saturated heterocycles. The highest BCUT2D eigenvalue weighted by Crippen LogP contribution is 2.14. The van der Waals surface area contributed by atoms with E-state index in [2.05, 4.69) is 15.3 Å². The lowest BCUT2D eigenvalue weighted by atomic mass is 10.3. The molecule has 1 aromatic rings. The van der Waals surface area contributed by atoms with E-state index >= 15 is 0 Å². The third-order valence-electron chi connectivity index (χ3n) is 2.57. The molecule has 0 atom stereocenters. The molecular formula is C11H21N5O2S. The van der Waals surface area contributed by atoms with E-state index in [0.717, 1.165) is 11.4 Å². The van der Waals surface area contributed by atoms with Gasteiger partial charge in [0.2, 0.25) is 16.0 Å². The van der Waals surface area contributed by atoms with Crippen LogP contribution >= 0.6 is 0 Å². The normalized spacial score (nSPS) is 11.7. The maximum Gasteiger partial charge on any atom is 0.224 e. The molecule has 0 fully saturated rings. The first-order valence-electron chi connectivity index (χ1n) is 5.89. The third kappa shape index (κ3) is 4.32. The highest BCUT2D eigenvalue weighted by Gasteiger charge is 2.13. The molecule has 0 saturated carbocycles. The topological polar surface area (TPSA) is 78.4 Å². The number of aryl methyl sites for hydroxylation is 1. The van der Waals surface area contributed by atoms with Crippen molar-refractivity contribution in [1.82, 2.24) is 14.3 Å². The van der Waals surface area contributed by atoms with E-state index in [0.29, 0.717) is 5.95 Å². The summed E-state index contributed by atoms with van der Waals surface area (Å²) in [6, 6.07) is 0. The third-order valence-corrected chi connectivity index (χ3v) is 4.40. The van der Waals surface area contributed by atoms with Crippen LogP contribution in [0.2, 0.25) is 0 Å². The minimum absolute atomic E-state index is 0.00847. The molecule has 8 heteroatoms. The Morgan fingerprint density at radius 3 is 2.42 bits per heavy atom. The first kappa shape index (κ1) is 15.6. The van der Waals surface area contributed by atoms with Crippen LogP contribution in [0.1, 0.15) is 5.56 Å². The number of hydrogen-bond acceptors (Lipinski definition) is 6. The molecule has 0 aliphatic carbocycles. The number of anilines is 2. The summed E-state index contributed by atoms with van der Waals surface area (Å²) in [5.74, 6) is 1.25. The number of nitrogens with zero attached hydrogens (tertiary/aromatic N) is 4. The second-order valence-corrected chi connectivity index (χ2v) is 6.92. The quantitative estimate of drug-likeness (QED) is 0.802. The van der Waals surface area contributed by atoms with Gasteiger partial charge in [-0.05, 0) is 6.92 Å². The average molecular weight is 287 g/mol. The van der Waals surface area contributed by atoms with Gasteiger partial charge in [0, 0.05) is 46.5 Å². The van der Waals surface area contributed by atoms with E-state index in [9.17, 15) is 8.42 Å². The largest absolute Gasteiger partial charge is 0.362 e. The van der Waals surface area contributed by atoms with Crippen LogP contribution in [0.25, 0.3) is 0 Å². The zero-order chi connectivity index (χ0) is 14.6. The smallest absolute Gasteiger partial charge is 0.224 e. The number of sulfonamides is 1. The summed E-state index contributed by atoms with van der Waals surface area (Å²) in [6.07, 6.45) is 1.71. The van der Waals surface area contributed by atoms with Crippen molar-refractivity contribution in [2.45, 2.75) is 6.92 Å². The minimum Gasteiger partial charge on any atom is -0.362 e. The lowest BCUT2D eigenvalue weighted by Gasteiger charge is -2.15. The van der Waals surface area contributed by atoms with Crippen LogP contribution in [0.3, 0.4) is 0 Å². The van der Waals surface area contributed by atoms with Crippen LogP contribution in [0.5, 0.6) is 0 Å². The Balaban J connectivity index is 2.67. The van der Waals surface area contributed by atoms with Gasteiger partial charge in [-0.15, -0.1) is 0 Å². The average Bonchev–Trinajstić information content (AvgIpc) is 2.30. The Labute approximate surface area is 114 Å². The van der Waals surface area contributed by atoms with Gasteiger partial charge in [-0.3, -0.25) is 0 Å². The molecule has 0 aromatic carbocycles. The van der Waals surface area contributed by atoms with Crippen LogP contribution < -0.4 is 10.2 Å². The van der Waals surface area contributed by atoms with Crippen LogP contribution in [0, 0.1) is 6.92 Å². The van der Waals surface area contributed by atoms with Crippen molar-refractivity contribution in [1.29, 1.82) is 0 Å². The predicted octanol–water partition coefficient (Wildman–Crippen LogP) is 0.154. The van der Waals surface area contributed by atoms with E-state index in [1.54, 1.807) is 6.20 Å². The second kappa shape index (κ2) is 6.16. The molecular weight excluding hydrogens is 266 g/mol. The van der Waals surface area contributed by atoms with Crippen molar-refractivity contribution < 1.29 is 8.42 Å². The molecule has 0 aliphatic heterocycles. The van der Waals surface area contributed by atoms with E-state index in [1.807, 2.05) is 25.9 Å². The van der Waals surface area contributed by atoms with Gasteiger partial charge in [0.05, 0.1) is 5.75 Å². The van der Waals surface area contributed by atoms with Crippen LogP contribution in [0.15, 0.2) is 6.20 Å². The van der Waals surface area contributed by atoms with Gasteiger partial charge in [0.25, 0.3) is 0 Å². The van der Waals surface area contributed by atoms with Gasteiger partial charge in [0.1, 0.15) is 5.82 Å². The van der Waals surface area contributed by atoms with E-state index in [1.165, 1.54) is 18.4 Å². The summed E-state index contributed by atoms with van der Waals surface area (Å²) in [7, 11) is 3.63. The number of hydrogen-bond donors (Lipinski definition) is 1. The van der Waals surface area contributed by atoms with Crippen molar-refractivity contribution in [3.63, 3.8) is 0 Å². The first-order valence-corrected chi connectivity index (χ1v) is 7.50. The Kier molecular flexibility index (Phi) is 5.07. The van der Waals surface area contributed by atoms with Crippen molar-refractivity contribution in [3.8, 4) is 0 Å². The van der Waals surface area contributed by atoms with Crippen LogP contribution in [-0.4, -0.2) is 63.2 Å². The van der Waals surface area contributed by atoms with Gasteiger partial charge in [0.15, 0.2) is 0 Å². The number of aromatic nitrogens is 2. The lowest BCUT2D eigenvalue weighted by molar-refractivity contribution is 0.521. The van der Waals surface area contributed by atoms with E-state index < -0.39 is 10.0 Å². The van der Waals surface area contributed by atoms with Crippen molar-refractivity contribution >= 4 is 21.8 Å². The predicted molar refractivity (Wildman–Crippen MR) is 77.1 cm³/mol. The molecule has 19 heavy (non-hydrogen) atoms. The maximum atomic E-state index is 11.6. The zero-order valence-corrected chi connectivity index (χ0v) is 12.8. The Hall–Kier alpha value is -1.41. The van der Waals surface area contributed by atoms with Gasteiger partial charge in [-0.25, -0.2) is 17.7 Å². The van der Waals surface area contributed by atoms with Gasteiger partial charge < -0.3 is 10.2 Å². The zero-order valence-electron chi connectivity index (χ0n) is 12.0. The summed E-state index contributed by atoms with van der Waals surface area (Å²) < 4.78 is 24.4. The monoisotopic (exact) mass is 287 g/mol. The van der Waals surface area contributed by atoms with Gasteiger partial charge in [-0.2, -0.15) is 4.98 Å². The molecule has 0 aliphatic rings. The van der Waals surface area contributed by atoms with E-state index in [-0.39, 0.29) is 12.3 Å². The molecule has 1 aromatic heterocycles. The summed E-state index contributed by atoms with van der Waals surface area (Å²) in [5, 5.41) is 2.92. The summed E-state index contributed by atoms with van der Waals surface area (Å²) in [4.78, 5) is 10.3. The van der Waals surface area contributed by atoms with E-state index in [4.69, 9.17) is 0 Å². The molecule has 1 N–H and O–H groups in total. The molecule has 7 nitrogen and oxygen atoms in total. The highest BCUT2D eigenvalue weighted by atomic mass is 32.2. The number of rotatable bonds is 6. The van der Waals surface area contributed by atoms with Crippen molar-refractivity contribution in [2.24, 2.45) is 0 Å². The van der Waals surface area contributed by atoms with Gasteiger partial charge in [-0.1, -0.05) is 0 Å². The standard InChI is InChI=1S/C11H21N5O2S/c1-9-8-13-11(14-10(9)15(2)3)12-6-7-19(17,18)16(4)5/h8H,6-7H2,1-5H3,(H,12,13,14). The fraction of sp³-hybridized carbons (Fsp3) is 0.636. The fourth-order valence-corrected chi connectivity index (χ4v) is 2.17. The maximum absolute atomic E-state index is 11.6. The molecule has 1 heterocycles. The Morgan fingerprint density at radius 2 is 1.89 bits per heavy atom. The van der Waals surface area contributed by atoms with Crippen LogP contribution in [-0.2, 0) is 10.0 Å². The Bertz CT molecular complexity index is 528. The minimum atomic E-state index is -3.20. The summed E-state index contributed by atoms with van der Waals surface area (Å²) in [6.45, 7) is 2.20. The molecule has 0 radical (unpaired) electrons. The SMILES string of the molecule is Cc1cnc(NCCS(=O)(=O)N(C)C)nc1N(C)C. The molecule has 0 spiro atoms. The van der Waals surface area contributed by atoms with Crippen molar-refractivity contribution in [3.05, 3.63) is 11.8 Å².